The van der Waals surface area contributed by atoms with Crippen molar-refractivity contribution in [2.24, 2.45) is 0 Å². The van der Waals surface area contributed by atoms with Gasteiger partial charge in [-0.1, -0.05) is 12.1 Å². The number of furan rings is 1. The molecule has 6 nitrogen and oxygen atoms in total. The maximum atomic E-state index is 10.6. The highest BCUT2D eigenvalue weighted by Crippen LogP contribution is 2.14. The van der Waals surface area contributed by atoms with Gasteiger partial charge in [0.25, 0.3) is 5.69 Å². The average Bonchev–Trinajstić information content (AvgIpc) is 2.93. The Balaban J connectivity index is 1.86. The third kappa shape index (κ3) is 3.64. The largest absolute Gasteiger partial charge is 0.467 e. The molecule has 0 fully saturated rings. The lowest BCUT2D eigenvalue weighted by molar-refractivity contribution is -0.384. The Morgan fingerprint density at radius 2 is 2.21 bits per heavy atom. The van der Waals surface area contributed by atoms with Crippen LogP contribution in [0.4, 0.5) is 5.69 Å². The Morgan fingerprint density at radius 3 is 2.89 bits per heavy atom. The molecule has 1 atom stereocenters. The van der Waals surface area contributed by atoms with E-state index in [1.54, 1.807) is 24.3 Å². The Bertz CT molecular complexity index is 539. The summed E-state index contributed by atoms with van der Waals surface area (Å²) in [6.07, 6.45) is 0.771. The normalized spacial score (nSPS) is 12.3. The number of aliphatic hydroxyl groups excluding tert-OH is 1. The number of nitro groups is 1. The molecule has 0 aliphatic heterocycles. The number of benzene rings is 1. The van der Waals surface area contributed by atoms with Gasteiger partial charge in [-0.25, -0.2) is 0 Å². The van der Waals surface area contributed by atoms with Gasteiger partial charge in [-0.15, -0.1) is 0 Å². The molecule has 1 unspecified atom stereocenters. The van der Waals surface area contributed by atoms with Crippen LogP contribution in [0.5, 0.6) is 0 Å². The van der Waals surface area contributed by atoms with E-state index >= 15 is 0 Å². The molecule has 0 amide bonds. The van der Waals surface area contributed by atoms with E-state index in [4.69, 9.17) is 4.42 Å². The monoisotopic (exact) mass is 262 g/mol. The fourth-order valence-electron chi connectivity index (χ4n) is 1.71. The SMILES string of the molecule is O=[N+]([O-])c1cccc(CNCC(O)c2ccco2)c1. The van der Waals surface area contributed by atoms with Gasteiger partial charge in [0.15, 0.2) is 0 Å². The molecule has 0 spiro atoms. The molecule has 0 saturated heterocycles. The zero-order valence-electron chi connectivity index (χ0n) is 10.2. The van der Waals surface area contributed by atoms with E-state index in [0.717, 1.165) is 5.56 Å². The van der Waals surface area contributed by atoms with E-state index in [-0.39, 0.29) is 5.69 Å². The molecule has 19 heavy (non-hydrogen) atoms. The minimum absolute atomic E-state index is 0.0610. The predicted molar refractivity (Wildman–Crippen MR) is 68.5 cm³/mol. The Hall–Kier alpha value is -2.18. The van der Waals surface area contributed by atoms with Gasteiger partial charge in [0.05, 0.1) is 11.2 Å². The Morgan fingerprint density at radius 1 is 1.37 bits per heavy atom. The van der Waals surface area contributed by atoms with E-state index in [0.29, 0.717) is 18.8 Å². The van der Waals surface area contributed by atoms with Gasteiger partial charge < -0.3 is 14.8 Å². The smallest absolute Gasteiger partial charge is 0.269 e. The van der Waals surface area contributed by atoms with E-state index in [2.05, 4.69) is 5.32 Å². The van der Waals surface area contributed by atoms with Crippen LogP contribution in [0.3, 0.4) is 0 Å². The molecule has 1 aromatic heterocycles. The number of nitro benzene ring substituents is 1. The quantitative estimate of drug-likeness (QED) is 0.614. The fraction of sp³-hybridized carbons (Fsp3) is 0.231. The van der Waals surface area contributed by atoms with Crippen LogP contribution in [0, 0.1) is 10.1 Å². The van der Waals surface area contributed by atoms with E-state index in [1.807, 2.05) is 0 Å². The minimum atomic E-state index is -0.728. The summed E-state index contributed by atoms with van der Waals surface area (Å²) in [5.41, 5.74) is 0.853. The number of nitrogens with zero attached hydrogens (tertiary/aromatic N) is 1. The van der Waals surface area contributed by atoms with Crippen LogP contribution in [0.15, 0.2) is 47.1 Å². The van der Waals surface area contributed by atoms with Crippen molar-refractivity contribution >= 4 is 5.69 Å². The average molecular weight is 262 g/mol. The van der Waals surface area contributed by atoms with Gasteiger partial charge in [-0.2, -0.15) is 0 Å². The topological polar surface area (TPSA) is 88.5 Å². The molecule has 0 radical (unpaired) electrons. The molecule has 100 valence electrons. The predicted octanol–water partition coefficient (Wildman–Crippen LogP) is 2.01. The number of hydrogen-bond donors (Lipinski definition) is 2. The standard InChI is InChI=1S/C13H14N2O4/c16-12(13-5-2-6-19-13)9-14-8-10-3-1-4-11(7-10)15(17)18/h1-7,12,14,16H,8-9H2. The van der Waals surface area contributed by atoms with Crippen LogP contribution >= 0.6 is 0 Å². The maximum absolute atomic E-state index is 10.6. The highest BCUT2D eigenvalue weighted by atomic mass is 16.6. The number of non-ortho nitro benzene ring substituents is 1. The van der Waals surface area contributed by atoms with E-state index in [1.165, 1.54) is 18.4 Å². The fourth-order valence-corrected chi connectivity index (χ4v) is 1.71. The Labute approximate surface area is 109 Å². The summed E-state index contributed by atoms with van der Waals surface area (Å²) >= 11 is 0. The molecule has 0 aliphatic carbocycles. The van der Waals surface area contributed by atoms with Gasteiger partial charge in [0, 0.05) is 25.2 Å². The van der Waals surface area contributed by atoms with Gasteiger partial charge in [-0.3, -0.25) is 10.1 Å². The second-order valence-corrected chi connectivity index (χ2v) is 4.09. The summed E-state index contributed by atoms with van der Waals surface area (Å²) in [4.78, 5) is 10.2. The first-order valence-electron chi connectivity index (χ1n) is 5.82. The number of hydrogen-bond acceptors (Lipinski definition) is 5. The Kier molecular flexibility index (Phi) is 4.27. The molecule has 2 N–H and O–H groups in total. The zero-order chi connectivity index (χ0) is 13.7. The summed E-state index contributed by atoms with van der Waals surface area (Å²) in [5, 5.41) is 23.4. The maximum Gasteiger partial charge on any atom is 0.269 e. The van der Waals surface area contributed by atoms with Crippen molar-refractivity contribution in [1.82, 2.24) is 5.32 Å². The third-order valence-electron chi connectivity index (χ3n) is 2.66. The van der Waals surface area contributed by atoms with Crippen LogP contribution in [0.2, 0.25) is 0 Å². The zero-order valence-corrected chi connectivity index (χ0v) is 10.2. The lowest BCUT2D eigenvalue weighted by atomic mass is 10.2. The van der Waals surface area contributed by atoms with Crippen molar-refractivity contribution < 1.29 is 14.4 Å². The van der Waals surface area contributed by atoms with Crippen molar-refractivity contribution in [3.63, 3.8) is 0 Å². The van der Waals surface area contributed by atoms with Crippen molar-refractivity contribution in [2.75, 3.05) is 6.54 Å². The lowest BCUT2D eigenvalue weighted by Gasteiger charge is -2.09. The summed E-state index contributed by atoms with van der Waals surface area (Å²) in [7, 11) is 0. The van der Waals surface area contributed by atoms with Crippen molar-refractivity contribution in [1.29, 1.82) is 0 Å². The second-order valence-electron chi connectivity index (χ2n) is 4.09. The van der Waals surface area contributed by atoms with Gasteiger partial charge >= 0.3 is 0 Å². The van der Waals surface area contributed by atoms with Crippen LogP contribution in [0.1, 0.15) is 17.4 Å². The highest BCUT2D eigenvalue weighted by molar-refractivity contribution is 5.34. The summed E-state index contributed by atoms with van der Waals surface area (Å²) in [6, 6.07) is 9.78. The van der Waals surface area contributed by atoms with E-state index < -0.39 is 11.0 Å². The number of aliphatic hydroxyl groups is 1. The third-order valence-corrected chi connectivity index (χ3v) is 2.66. The van der Waals surface area contributed by atoms with Crippen LogP contribution < -0.4 is 5.32 Å². The molecule has 0 bridgehead atoms. The van der Waals surface area contributed by atoms with Gasteiger partial charge in [-0.05, 0) is 17.7 Å². The molecule has 0 aliphatic rings. The molecule has 1 heterocycles. The first kappa shape index (κ1) is 13.3. The molecular weight excluding hydrogens is 248 g/mol. The summed E-state index contributed by atoms with van der Waals surface area (Å²) in [6.45, 7) is 0.760. The van der Waals surface area contributed by atoms with E-state index in [9.17, 15) is 15.2 Å². The number of nitrogens with one attached hydrogen (secondary N) is 1. The van der Waals surface area contributed by atoms with Crippen LogP contribution in [-0.4, -0.2) is 16.6 Å². The molecule has 2 rings (SSSR count). The van der Waals surface area contributed by atoms with Gasteiger partial charge in [0.1, 0.15) is 11.9 Å². The van der Waals surface area contributed by atoms with Crippen LogP contribution in [0.25, 0.3) is 0 Å². The van der Waals surface area contributed by atoms with Gasteiger partial charge in [0.2, 0.25) is 0 Å². The first-order chi connectivity index (χ1) is 9.16. The molecule has 0 saturated carbocycles. The molecule has 6 heteroatoms. The van der Waals surface area contributed by atoms with Crippen molar-refractivity contribution in [3.05, 3.63) is 64.1 Å². The minimum Gasteiger partial charge on any atom is -0.467 e. The van der Waals surface area contributed by atoms with Crippen LogP contribution in [-0.2, 0) is 6.54 Å². The number of rotatable bonds is 6. The highest BCUT2D eigenvalue weighted by Gasteiger charge is 2.10. The molecule has 2 aromatic rings. The van der Waals surface area contributed by atoms with Crippen molar-refractivity contribution in [3.8, 4) is 0 Å². The first-order valence-corrected chi connectivity index (χ1v) is 5.82. The summed E-state index contributed by atoms with van der Waals surface area (Å²) in [5.74, 6) is 0.492. The second kappa shape index (κ2) is 6.12. The lowest BCUT2D eigenvalue weighted by Crippen LogP contribution is -2.20. The molecular formula is C13H14N2O4. The molecule has 1 aromatic carbocycles. The van der Waals surface area contributed by atoms with Crippen molar-refractivity contribution in [2.45, 2.75) is 12.6 Å². The summed E-state index contributed by atoms with van der Waals surface area (Å²) < 4.78 is 5.07.